The van der Waals surface area contributed by atoms with Gasteiger partial charge in [0.25, 0.3) is 0 Å². The molecule has 0 unspecified atom stereocenters. The molecule has 0 spiro atoms. The Labute approximate surface area is 185 Å². The third-order valence-electron chi connectivity index (χ3n) is 5.69. The number of nitrogens with two attached hydrogens (primary N) is 1. The minimum Gasteiger partial charge on any atom is -0.383 e. The van der Waals surface area contributed by atoms with Crippen molar-refractivity contribution >= 4 is 33.9 Å². The Morgan fingerprint density at radius 2 is 1.75 bits per heavy atom. The molecule has 8 nitrogen and oxygen atoms in total. The number of imidazole rings is 1. The first-order valence-corrected chi connectivity index (χ1v) is 10.4. The lowest BCUT2D eigenvalue weighted by Crippen LogP contribution is -2.08. The van der Waals surface area contributed by atoms with Crippen molar-refractivity contribution in [1.82, 2.24) is 24.3 Å². The maximum atomic E-state index is 6.06. The maximum Gasteiger partial charge on any atom is 0.137 e. The molecule has 4 N–H and O–H groups in total. The number of benzene rings is 1. The topological polar surface area (TPSA) is 106 Å². The van der Waals surface area contributed by atoms with Crippen molar-refractivity contribution in [3.05, 3.63) is 83.7 Å². The Balaban J connectivity index is 1.30. The summed E-state index contributed by atoms with van der Waals surface area (Å²) in [6.45, 7) is 5.44. The van der Waals surface area contributed by atoms with Gasteiger partial charge in [-0.3, -0.25) is 0 Å². The lowest BCUT2D eigenvalue weighted by Gasteiger charge is -2.15. The Hall–Kier alpha value is -4.20. The van der Waals surface area contributed by atoms with E-state index in [1.807, 2.05) is 47.1 Å². The van der Waals surface area contributed by atoms with Crippen molar-refractivity contribution < 1.29 is 0 Å². The second-order valence-electron chi connectivity index (χ2n) is 7.78. The molecule has 0 saturated heterocycles. The summed E-state index contributed by atoms with van der Waals surface area (Å²) in [5.74, 6) is 2.06. The number of pyridine rings is 2. The van der Waals surface area contributed by atoms with E-state index in [0.29, 0.717) is 18.9 Å². The minimum absolute atomic E-state index is 0.560. The molecular formula is C24H24N8. The summed E-state index contributed by atoms with van der Waals surface area (Å²) in [7, 11) is 0. The van der Waals surface area contributed by atoms with Crippen LogP contribution in [0.3, 0.4) is 0 Å². The van der Waals surface area contributed by atoms with Gasteiger partial charge in [0.2, 0.25) is 0 Å². The Kier molecular flexibility index (Phi) is 5.03. The van der Waals surface area contributed by atoms with Gasteiger partial charge in [0.15, 0.2) is 0 Å². The lowest BCUT2D eigenvalue weighted by atomic mass is 9.96. The highest BCUT2D eigenvalue weighted by molar-refractivity contribution is 5.94. The molecule has 32 heavy (non-hydrogen) atoms. The summed E-state index contributed by atoms with van der Waals surface area (Å²) in [6.07, 6.45) is 7.31. The summed E-state index contributed by atoms with van der Waals surface area (Å²) < 4.78 is 2.00. The second kappa shape index (κ2) is 8.14. The SMILES string of the molecule is Cc1cc2c(N)nccc2c(C)c1CNc1cc(NCc2cn3ccccc3n2)ncn1. The molecule has 0 amide bonds. The van der Waals surface area contributed by atoms with Crippen LogP contribution in [0.1, 0.15) is 22.4 Å². The van der Waals surface area contributed by atoms with Crippen LogP contribution in [-0.2, 0) is 13.1 Å². The molecule has 0 bridgehead atoms. The van der Waals surface area contributed by atoms with E-state index in [9.17, 15) is 0 Å². The highest BCUT2D eigenvalue weighted by Crippen LogP contribution is 2.28. The average Bonchev–Trinajstić information content (AvgIpc) is 3.22. The van der Waals surface area contributed by atoms with E-state index in [0.717, 1.165) is 33.7 Å². The van der Waals surface area contributed by atoms with Gasteiger partial charge in [-0.25, -0.2) is 19.9 Å². The molecule has 4 aromatic heterocycles. The van der Waals surface area contributed by atoms with Crippen LogP contribution < -0.4 is 16.4 Å². The number of nitrogen functional groups attached to an aromatic ring is 1. The summed E-state index contributed by atoms with van der Waals surface area (Å²) in [5.41, 5.74) is 11.5. The van der Waals surface area contributed by atoms with Crippen LogP contribution in [0.2, 0.25) is 0 Å². The van der Waals surface area contributed by atoms with E-state index < -0.39 is 0 Å². The Morgan fingerprint density at radius 3 is 2.56 bits per heavy atom. The number of hydrogen-bond acceptors (Lipinski definition) is 7. The zero-order valence-corrected chi connectivity index (χ0v) is 18.0. The Bertz CT molecular complexity index is 1390. The van der Waals surface area contributed by atoms with Gasteiger partial charge in [-0.1, -0.05) is 6.07 Å². The number of hydrogen-bond donors (Lipinski definition) is 3. The third kappa shape index (κ3) is 3.78. The first-order chi connectivity index (χ1) is 15.6. The van der Waals surface area contributed by atoms with Gasteiger partial charge < -0.3 is 20.8 Å². The van der Waals surface area contributed by atoms with Gasteiger partial charge in [0.1, 0.15) is 29.4 Å². The quantitative estimate of drug-likeness (QED) is 0.377. The van der Waals surface area contributed by atoms with Crippen LogP contribution in [0.25, 0.3) is 16.4 Å². The number of anilines is 3. The average molecular weight is 425 g/mol. The smallest absolute Gasteiger partial charge is 0.137 e. The molecule has 0 radical (unpaired) electrons. The first-order valence-electron chi connectivity index (χ1n) is 10.4. The van der Waals surface area contributed by atoms with E-state index in [1.54, 1.807) is 12.5 Å². The van der Waals surface area contributed by atoms with Crippen molar-refractivity contribution in [2.45, 2.75) is 26.9 Å². The van der Waals surface area contributed by atoms with Crippen molar-refractivity contribution in [2.24, 2.45) is 0 Å². The van der Waals surface area contributed by atoms with Crippen LogP contribution in [0.4, 0.5) is 17.5 Å². The fourth-order valence-corrected chi connectivity index (χ4v) is 3.99. The fraction of sp³-hybridized carbons (Fsp3) is 0.167. The van der Waals surface area contributed by atoms with Gasteiger partial charge >= 0.3 is 0 Å². The van der Waals surface area contributed by atoms with Gasteiger partial charge in [-0.05, 0) is 60.2 Å². The molecule has 0 aliphatic carbocycles. The standard InChI is InChI=1S/C24H24N8/c1-15-9-19-18(6-7-26-24(19)25)16(2)20(15)12-28-22-10-21(29-14-30-22)27-11-17-13-32-8-4-3-5-23(32)31-17/h3-10,13-14H,11-12H2,1-2H3,(H2,25,26)(H2,27,28,29,30). The highest BCUT2D eigenvalue weighted by atomic mass is 15.1. The van der Waals surface area contributed by atoms with E-state index in [2.05, 4.69) is 50.5 Å². The molecule has 5 rings (SSSR count). The summed E-state index contributed by atoms with van der Waals surface area (Å²) in [4.78, 5) is 17.5. The van der Waals surface area contributed by atoms with Crippen molar-refractivity contribution in [3.63, 3.8) is 0 Å². The molecule has 0 aliphatic rings. The van der Waals surface area contributed by atoms with Gasteiger partial charge in [0.05, 0.1) is 12.2 Å². The van der Waals surface area contributed by atoms with Gasteiger partial charge in [0, 0.05) is 36.6 Å². The van der Waals surface area contributed by atoms with Gasteiger partial charge in [-0.15, -0.1) is 0 Å². The van der Waals surface area contributed by atoms with Crippen LogP contribution in [0.5, 0.6) is 0 Å². The zero-order chi connectivity index (χ0) is 22.1. The van der Waals surface area contributed by atoms with Crippen molar-refractivity contribution in [2.75, 3.05) is 16.4 Å². The van der Waals surface area contributed by atoms with E-state index in [-0.39, 0.29) is 0 Å². The lowest BCUT2D eigenvalue weighted by molar-refractivity contribution is 1.03. The monoisotopic (exact) mass is 424 g/mol. The number of rotatable bonds is 6. The number of nitrogens with zero attached hydrogens (tertiary/aromatic N) is 5. The highest BCUT2D eigenvalue weighted by Gasteiger charge is 2.10. The third-order valence-corrected chi connectivity index (χ3v) is 5.69. The van der Waals surface area contributed by atoms with E-state index in [1.165, 1.54) is 16.7 Å². The van der Waals surface area contributed by atoms with E-state index >= 15 is 0 Å². The number of nitrogens with one attached hydrogen (secondary N) is 2. The molecule has 5 aromatic rings. The van der Waals surface area contributed by atoms with Crippen LogP contribution in [-0.4, -0.2) is 24.3 Å². The molecule has 4 heterocycles. The summed E-state index contributed by atoms with van der Waals surface area (Å²) >= 11 is 0. The predicted octanol–water partition coefficient (Wildman–Crippen LogP) is 4.10. The molecular weight excluding hydrogens is 400 g/mol. The molecule has 0 aliphatic heterocycles. The molecule has 0 atom stereocenters. The zero-order valence-electron chi connectivity index (χ0n) is 18.0. The molecule has 8 heteroatoms. The number of fused-ring (bicyclic) bond motifs is 2. The summed E-state index contributed by atoms with van der Waals surface area (Å²) in [5, 5.41) is 8.87. The van der Waals surface area contributed by atoms with Crippen LogP contribution >= 0.6 is 0 Å². The second-order valence-corrected chi connectivity index (χ2v) is 7.78. The normalized spacial score (nSPS) is 11.2. The minimum atomic E-state index is 0.560. The van der Waals surface area contributed by atoms with Crippen molar-refractivity contribution in [1.29, 1.82) is 0 Å². The predicted molar refractivity (Wildman–Crippen MR) is 128 cm³/mol. The largest absolute Gasteiger partial charge is 0.383 e. The van der Waals surface area contributed by atoms with Gasteiger partial charge in [-0.2, -0.15) is 0 Å². The number of aromatic nitrogens is 5. The number of aryl methyl sites for hydroxylation is 2. The summed E-state index contributed by atoms with van der Waals surface area (Å²) in [6, 6.07) is 12.0. The van der Waals surface area contributed by atoms with Crippen molar-refractivity contribution in [3.8, 4) is 0 Å². The molecule has 1 aromatic carbocycles. The first kappa shape index (κ1) is 19.7. The van der Waals surface area contributed by atoms with Crippen LogP contribution in [0.15, 0.2) is 61.3 Å². The van der Waals surface area contributed by atoms with Crippen LogP contribution in [0, 0.1) is 13.8 Å². The maximum absolute atomic E-state index is 6.06. The fourth-order valence-electron chi connectivity index (χ4n) is 3.99. The molecule has 0 fully saturated rings. The van der Waals surface area contributed by atoms with E-state index in [4.69, 9.17) is 5.73 Å². The molecule has 160 valence electrons. The molecule has 0 saturated carbocycles. The Morgan fingerprint density at radius 1 is 0.938 bits per heavy atom.